The molecule has 0 aliphatic carbocycles. The van der Waals surface area contributed by atoms with Crippen molar-refractivity contribution in [1.82, 2.24) is 0 Å². The first-order chi connectivity index (χ1) is 9.36. The lowest BCUT2D eigenvalue weighted by atomic mass is 10.0. The van der Waals surface area contributed by atoms with Crippen molar-refractivity contribution < 1.29 is 34.5 Å². The minimum absolute atomic E-state index is 0.0795. The summed E-state index contributed by atoms with van der Waals surface area (Å²) in [6, 6.07) is 2.36. The highest BCUT2D eigenvalue weighted by molar-refractivity contribution is 7.70. The van der Waals surface area contributed by atoms with E-state index in [4.69, 9.17) is 15.2 Å². The van der Waals surface area contributed by atoms with E-state index in [9.17, 15) is 25.0 Å². The summed E-state index contributed by atoms with van der Waals surface area (Å²) in [6.07, 6.45) is 0. The Morgan fingerprint density at radius 1 is 1.05 bits per heavy atom. The molecular formula is C12H20NO7P. The van der Waals surface area contributed by atoms with Crippen LogP contribution in [0.25, 0.3) is 0 Å². The van der Waals surface area contributed by atoms with Crippen LogP contribution in [-0.4, -0.2) is 53.9 Å². The first-order valence-electron chi connectivity index (χ1n) is 5.86. The number of hydrogen-bond donors (Lipinski definition) is 5. The smallest absolute Gasteiger partial charge is 0.281 e. The van der Waals surface area contributed by atoms with Gasteiger partial charge in [-0.15, -0.1) is 0 Å². The molecule has 0 bridgehead atoms. The molecule has 9 heteroatoms. The minimum atomic E-state index is -3.34. The van der Waals surface area contributed by atoms with E-state index in [1.165, 1.54) is 33.6 Å². The predicted octanol–water partition coefficient (Wildman–Crippen LogP) is -1.31. The summed E-state index contributed by atoms with van der Waals surface area (Å²) < 4.78 is 22.3. The Bertz CT molecular complexity index is 574. The largest absolute Gasteiger partial charge is 0.496 e. The van der Waals surface area contributed by atoms with Crippen LogP contribution in [0.4, 0.5) is 0 Å². The number of ether oxygens (including phenoxy) is 2. The molecule has 8 nitrogen and oxygen atoms in total. The van der Waals surface area contributed by atoms with E-state index < -0.39 is 24.4 Å². The normalized spacial score (nSPS) is 13.2. The van der Waals surface area contributed by atoms with Crippen LogP contribution in [0.1, 0.15) is 5.56 Å². The lowest BCUT2D eigenvalue weighted by Crippen LogP contribution is -2.58. The second-order valence-corrected chi connectivity index (χ2v) is 8.16. The summed E-state index contributed by atoms with van der Waals surface area (Å²) >= 11 is 0. The third-order valence-electron chi connectivity index (χ3n) is 2.97. The molecule has 21 heavy (non-hydrogen) atoms. The van der Waals surface area contributed by atoms with Crippen molar-refractivity contribution in [3.8, 4) is 11.5 Å². The topological polar surface area (TPSA) is 142 Å². The van der Waals surface area contributed by atoms with Crippen molar-refractivity contribution in [3.63, 3.8) is 0 Å². The fraction of sp³-hybridized carbons (Fsp3) is 0.500. The van der Waals surface area contributed by atoms with Crippen molar-refractivity contribution in [2.75, 3.05) is 27.5 Å². The maximum atomic E-state index is 12.2. The summed E-state index contributed by atoms with van der Waals surface area (Å²) in [5, 5.41) is 38.6. The van der Waals surface area contributed by atoms with Crippen molar-refractivity contribution in [1.29, 1.82) is 0 Å². The second-order valence-electron chi connectivity index (χ2n) is 4.97. The summed E-state index contributed by atoms with van der Waals surface area (Å²) in [5.74, 6) is -6.61. The van der Waals surface area contributed by atoms with Crippen LogP contribution in [0.5, 0.6) is 11.5 Å². The maximum absolute atomic E-state index is 12.2. The molecule has 0 heterocycles. The molecule has 0 aromatic heterocycles. The molecule has 120 valence electrons. The zero-order valence-electron chi connectivity index (χ0n) is 12.2. The molecule has 6 N–H and O–H groups in total. The van der Waals surface area contributed by atoms with Crippen molar-refractivity contribution in [2.24, 2.45) is 5.73 Å². The molecule has 0 saturated heterocycles. The Morgan fingerprint density at radius 2 is 1.52 bits per heavy atom. The molecule has 0 fully saturated rings. The molecule has 1 rings (SSSR count). The average Bonchev–Trinajstić information content (AvgIpc) is 2.34. The van der Waals surface area contributed by atoms with E-state index in [2.05, 4.69) is 0 Å². The van der Waals surface area contributed by atoms with Gasteiger partial charge < -0.3 is 34.5 Å². The van der Waals surface area contributed by atoms with Gasteiger partial charge in [0.15, 0.2) is 0 Å². The van der Waals surface area contributed by atoms with Gasteiger partial charge in [-0.3, -0.25) is 5.73 Å². The van der Waals surface area contributed by atoms with Crippen LogP contribution in [0.3, 0.4) is 0 Å². The lowest BCUT2D eigenvalue weighted by Gasteiger charge is -2.33. The highest BCUT2D eigenvalue weighted by atomic mass is 31.2. The Hall–Kier alpha value is -1.15. The van der Waals surface area contributed by atoms with Gasteiger partial charge >= 0.3 is 0 Å². The molecule has 0 radical (unpaired) electrons. The average molecular weight is 321 g/mol. The minimum Gasteiger partial charge on any atom is -0.496 e. The number of rotatable bonds is 5. The Labute approximate surface area is 122 Å². The molecule has 1 aromatic carbocycles. The van der Waals surface area contributed by atoms with E-state index in [-0.39, 0.29) is 11.5 Å². The van der Waals surface area contributed by atoms with E-state index in [0.29, 0.717) is 5.30 Å². The standard InChI is InChI=1S/C12H20NO7P/c1-19-8-6-10(21(3,4)18)9(20-2)5-7(8)11(14,15)12(13,16)17/h5-6,14-17H,13H2,1-4H3. The van der Waals surface area contributed by atoms with Gasteiger partial charge in [-0.25, -0.2) is 0 Å². The number of nitrogens with two attached hydrogens (primary N) is 1. The highest BCUT2D eigenvalue weighted by Crippen LogP contribution is 2.43. The third-order valence-corrected chi connectivity index (χ3v) is 4.48. The monoisotopic (exact) mass is 321 g/mol. The van der Waals surface area contributed by atoms with Gasteiger partial charge in [-0.05, 0) is 25.5 Å². The number of hydrogen-bond acceptors (Lipinski definition) is 8. The quantitative estimate of drug-likeness (QED) is 0.332. The van der Waals surface area contributed by atoms with Crippen LogP contribution >= 0.6 is 7.14 Å². The number of aliphatic hydroxyl groups is 4. The maximum Gasteiger partial charge on any atom is 0.281 e. The molecule has 0 amide bonds. The van der Waals surface area contributed by atoms with Crippen LogP contribution < -0.4 is 20.5 Å². The van der Waals surface area contributed by atoms with Gasteiger partial charge in [-0.2, -0.15) is 0 Å². The summed E-state index contributed by atoms with van der Waals surface area (Å²) in [4.78, 5) is 0. The van der Waals surface area contributed by atoms with Gasteiger partial charge in [0.2, 0.25) is 0 Å². The summed E-state index contributed by atoms with van der Waals surface area (Å²) in [5.41, 5.74) is 4.51. The van der Waals surface area contributed by atoms with Gasteiger partial charge in [0.05, 0.1) is 25.1 Å². The van der Waals surface area contributed by atoms with Crippen molar-refractivity contribution >= 4 is 12.4 Å². The second kappa shape index (κ2) is 5.57. The van der Waals surface area contributed by atoms with Crippen molar-refractivity contribution in [3.05, 3.63) is 17.7 Å². The van der Waals surface area contributed by atoms with Crippen LogP contribution in [0.15, 0.2) is 12.1 Å². The Balaban J connectivity index is 3.67. The lowest BCUT2D eigenvalue weighted by molar-refractivity contribution is -0.363. The number of benzene rings is 1. The van der Waals surface area contributed by atoms with E-state index in [0.717, 1.165) is 6.07 Å². The van der Waals surface area contributed by atoms with Gasteiger partial charge in [0.25, 0.3) is 11.7 Å². The first-order valence-corrected chi connectivity index (χ1v) is 8.46. The first kappa shape index (κ1) is 17.9. The van der Waals surface area contributed by atoms with E-state index >= 15 is 0 Å². The molecule has 0 saturated carbocycles. The SMILES string of the molecule is COc1cc(P(C)(C)=O)c(OC)cc1C(O)(O)C(N)(O)O. The van der Waals surface area contributed by atoms with E-state index in [1.54, 1.807) is 0 Å². The third kappa shape index (κ3) is 3.37. The number of methoxy groups -OCH3 is 2. The molecule has 1 aromatic rings. The highest BCUT2D eigenvalue weighted by Gasteiger charge is 2.48. The zero-order chi connectivity index (χ0) is 16.6. The summed E-state index contributed by atoms with van der Waals surface area (Å²) in [7, 11) is -0.219. The van der Waals surface area contributed by atoms with E-state index in [1.807, 2.05) is 0 Å². The van der Waals surface area contributed by atoms with Crippen LogP contribution in [-0.2, 0) is 10.4 Å². The molecule has 0 aliphatic heterocycles. The molecule has 0 spiro atoms. The Kier molecular flexibility index (Phi) is 4.74. The van der Waals surface area contributed by atoms with Gasteiger partial charge in [0, 0.05) is 0 Å². The zero-order valence-corrected chi connectivity index (χ0v) is 13.1. The predicted molar refractivity (Wildman–Crippen MR) is 76.1 cm³/mol. The molecule has 0 unspecified atom stereocenters. The van der Waals surface area contributed by atoms with Crippen LogP contribution in [0, 0.1) is 0 Å². The summed E-state index contributed by atoms with van der Waals surface area (Å²) in [6.45, 7) is 3.00. The molecule has 0 atom stereocenters. The van der Waals surface area contributed by atoms with Gasteiger partial charge in [-0.1, -0.05) is 0 Å². The molecule has 0 aliphatic rings. The fourth-order valence-corrected chi connectivity index (χ4v) is 2.89. The Morgan fingerprint density at radius 3 is 1.86 bits per heavy atom. The van der Waals surface area contributed by atoms with Crippen molar-refractivity contribution in [2.45, 2.75) is 11.7 Å². The molecular weight excluding hydrogens is 301 g/mol. The fourth-order valence-electron chi connectivity index (χ4n) is 1.77. The van der Waals surface area contributed by atoms with Gasteiger partial charge in [0.1, 0.15) is 18.6 Å². The van der Waals surface area contributed by atoms with Crippen LogP contribution in [0.2, 0.25) is 0 Å².